The molecule has 0 spiro atoms. The first-order valence-electron chi connectivity index (χ1n) is 3.02. The van der Waals surface area contributed by atoms with Crippen molar-refractivity contribution in [3.05, 3.63) is 29.3 Å². The van der Waals surface area contributed by atoms with Crippen LogP contribution < -0.4 is 4.35 Å². The normalized spacial score (nSPS) is 10.0. The molecule has 0 radical (unpaired) electrons. The van der Waals surface area contributed by atoms with Crippen molar-refractivity contribution in [3.8, 4) is 0 Å². The van der Waals surface area contributed by atoms with E-state index < -0.39 is 14.2 Å². The Morgan fingerprint density at radius 3 is 1.85 bits per heavy atom. The van der Waals surface area contributed by atoms with Crippen molar-refractivity contribution in [3.63, 3.8) is 0 Å². The summed E-state index contributed by atoms with van der Waals surface area (Å²) in [7, 11) is 0. The number of rotatable bonds is 1. The van der Waals surface area contributed by atoms with Crippen LogP contribution >= 0.6 is 11.6 Å². The topological polar surface area (TPSA) is 74.6 Å². The van der Waals surface area contributed by atoms with Gasteiger partial charge in [0.2, 0.25) is 0 Å². The fourth-order valence-electron chi connectivity index (χ4n) is 0.635. The first-order chi connectivity index (χ1) is 6.00. The van der Waals surface area contributed by atoms with Crippen LogP contribution in [0.3, 0.4) is 0 Å². The second-order valence-corrected chi connectivity index (χ2v) is 5.82. The van der Waals surface area contributed by atoms with E-state index >= 15 is 0 Å². The predicted molar refractivity (Wildman–Crippen MR) is 42.7 cm³/mol. The summed E-state index contributed by atoms with van der Waals surface area (Å²) in [5.74, 6) is 0. The molecular formula is C6H6AsClO4Zr. The van der Waals surface area contributed by atoms with E-state index in [0.29, 0.717) is 29.7 Å². The number of halogens is 1. The van der Waals surface area contributed by atoms with Gasteiger partial charge in [-0.15, -0.1) is 0 Å². The monoisotopic (exact) mass is 342 g/mol. The third kappa shape index (κ3) is 5.04. The molecule has 7 heteroatoms. The summed E-state index contributed by atoms with van der Waals surface area (Å²) in [6.07, 6.45) is 0. The van der Waals surface area contributed by atoms with Crippen molar-refractivity contribution in [1.82, 2.24) is 0 Å². The van der Waals surface area contributed by atoms with Crippen LogP contribution in [-0.2, 0) is 31.3 Å². The van der Waals surface area contributed by atoms with Gasteiger partial charge in [-0.25, -0.2) is 0 Å². The fourth-order valence-corrected chi connectivity index (χ4v) is 1.89. The Balaban J connectivity index is 0.000000671. The SMILES string of the molecule is O=[As](O)(O)c1ccc(Cl)cc1.[O]=[Zr]. The second-order valence-electron chi connectivity index (χ2n) is 2.02. The van der Waals surface area contributed by atoms with Gasteiger partial charge in [0.1, 0.15) is 0 Å². The minimum absolute atomic E-state index is 0.0486. The molecule has 0 saturated carbocycles. The zero-order valence-electron chi connectivity index (χ0n) is 6.35. The van der Waals surface area contributed by atoms with E-state index in [1.54, 1.807) is 0 Å². The van der Waals surface area contributed by atoms with Gasteiger partial charge in [0.05, 0.1) is 0 Å². The van der Waals surface area contributed by atoms with Gasteiger partial charge < -0.3 is 0 Å². The number of hydrogen-bond acceptors (Lipinski definition) is 2. The zero-order chi connectivity index (χ0) is 10.5. The molecule has 0 heterocycles. The van der Waals surface area contributed by atoms with Gasteiger partial charge in [-0.2, -0.15) is 0 Å². The first-order valence-corrected chi connectivity index (χ1v) is 7.78. The molecule has 0 amide bonds. The van der Waals surface area contributed by atoms with Crippen molar-refractivity contribution in [2.45, 2.75) is 0 Å². The van der Waals surface area contributed by atoms with Crippen molar-refractivity contribution < 1.29 is 39.5 Å². The first kappa shape index (κ1) is 13.5. The standard InChI is InChI=1S/C6H6AsClO3.O.Zr/c8-6-3-1-5(2-4-6)7(9,10)11;;/h1-4H,(H2,9,10,11);;. The summed E-state index contributed by atoms with van der Waals surface area (Å²) in [4.78, 5) is 0. The van der Waals surface area contributed by atoms with Gasteiger partial charge in [-0.05, 0) is 0 Å². The van der Waals surface area contributed by atoms with Crippen molar-refractivity contribution >= 4 is 30.1 Å². The molecule has 0 aromatic heterocycles. The molecule has 0 aliphatic heterocycles. The van der Waals surface area contributed by atoms with Crippen LogP contribution in [0, 0.1) is 0 Å². The predicted octanol–water partition coefficient (Wildman–Crippen LogP) is -0.220. The Morgan fingerprint density at radius 1 is 1.15 bits per heavy atom. The summed E-state index contributed by atoms with van der Waals surface area (Å²) >= 11 is 1.13. The van der Waals surface area contributed by atoms with Gasteiger partial charge in [-0.3, -0.25) is 0 Å². The van der Waals surface area contributed by atoms with E-state index in [4.69, 9.17) is 22.6 Å². The molecule has 1 aromatic carbocycles. The molecular weight excluding hydrogens is 338 g/mol. The molecule has 2 N–H and O–H groups in total. The minimum atomic E-state index is -4.68. The van der Waals surface area contributed by atoms with Gasteiger partial charge >= 0.3 is 98.9 Å². The summed E-state index contributed by atoms with van der Waals surface area (Å²) in [5.41, 5.74) is 0. The molecule has 0 saturated heterocycles. The molecule has 0 fully saturated rings. The average molecular weight is 344 g/mol. The summed E-state index contributed by atoms with van der Waals surface area (Å²) in [5, 5.41) is 0.470. The Kier molecular flexibility index (Phi) is 6.27. The van der Waals surface area contributed by atoms with E-state index in [2.05, 4.69) is 0 Å². The molecule has 0 aliphatic carbocycles. The van der Waals surface area contributed by atoms with Crippen molar-refractivity contribution in [2.75, 3.05) is 0 Å². The van der Waals surface area contributed by atoms with Crippen LogP contribution in [0.5, 0.6) is 0 Å². The average Bonchev–Trinajstić information content (AvgIpc) is 2.07. The summed E-state index contributed by atoms with van der Waals surface area (Å²) < 4.78 is 36.5. The van der Waals surface area contributed by atoms with Crippen LogP contribution in [0.25, 0.3) is 0 Å². The molecule has 1 aromatic rings. The van der Waals surface area contributed by atoms with Crippen LogP contribution in [0.15, 0.2) is 24.3 Å². The van der Waals surface area contributed by atoms with E-state index in [1.165, 1.54) is 24.3 Å². The van der Waals surface area contributed by atoms with Gasteiger partial charge in [0.25, 0.3) is 0 Å². The molecule has 13 heavy (non-hydrogen) atoms. The second kappa shape index (κ2) is 6.05. The molecule has 0 unspecified atom stereocenters. The Hall–Kier alpha value is 0.472. The number of benzene rings is 1. The van der Waals surface area contributed by atoms with Crippen LogP contribution in [0.4, 0.5) is 0 Å². The van der Waals surface area contributed by atoms with Crippen LogP contribution in [0.2, 0.25) is 5.02 Å². The van der Waals surface area contributed by atoms with Crippen molar-refractivity contribution in [2.24, 2.45) is 0 Å². The van der Waals surface area contributed by atoms with E-state index in [1.807, 2.05) is 0 Å². The third-order valence-corrected chi connectivity index (χ3v) is 3.45. The maximum absolute atomic E-state index is 10.7. The fraction of sp³-hybridized carbons (Fsp3) is 0. The Bertz CT molecular complexity index is 309. The molecule has 0 atom stereocenters. The molecule has 1 rings (SSSR count). The van der Waals surface area contributed by atoms with E-state index in [9.17, 15) is 3.74 Å². The van der Waals surface area contributed by atoms with Crippen LogP contribution in [-0.4, -0.2) is 22.4 Å². The summed E-state index contributed by atoms with van der Waals surface area (Å²) in [6, 6.07) is 5.58. The Labute approximate surface area is 98.2 Å². The molecule has 4 nitrogen and oxygen atoms in total. The molecule has 0 aliphatic rings. The summed E-state index contributed by atoms with van der Waals surface area (Å²) in [6.45, 7) is 0. The third-order valence-electron chi connectivity index (χ3n) is 1.16. The van der Waals surface area contributed by atoms with Gasteiger partial charge in [0, 0.05) is 0 Å². The Morgan fingerprint density at radius 2 is 1.54 bits per heavy atom. The zero-order valence-corrected chi connectivity index (χ0v) is 11.4. The maximum atomic E-state index is 10.7. The van der Waals surface area contributed by atoms with Gasteiger partial charge in [-0.1, -0.05) is 0 Å². The molecule has 70 valence electrons. The van der Waals surface area contributed by atoms with Gasteiger partial charge in [0.15, 0.2) is 0 Å². The van der Waals surface area contributed by atoms with Crippen molar-refractivity contribution in [1.29, 1.82) is 0 Å². The van der Waals surface area contributed by atoms with Crippen LogP contribution in [0.1, 0.15) is 0 Å². The molecule has 0 bridgehead atoms. The quantitative estimate of drug-likeness (QED) is 0.691. The van der Waals surface area contributed by atoms with E-state index in [-0.39, 0.29) is 4.35 Å². The number of hydrogen-bond donors (Lipinski definition) is 2. The van der Waals surface area contributed by atoms with E-state index in [0.717, 1.165) is 0 Å².